The Morgan fingerprint density at radius 1 is 1.19 bits per heavy atom. The summed E-state index contributed by atoms with van der Waals surface area (Å²) in [4.78, 5) is 14.6. The Morgan fingerprint density at radius 2 is 1.81 bits per heavy atom. The third-order valence-corrected chi connectivity index (χ3v) is 4.85. The molecule has 2 atom stereocenters. The van der Waals surface area contributed by atoms with E-state index in [4.69, 9.17) is 10.5 Å². The number of carbonyl (C=O) groups excluding carboxylic acids is 1. The van der Waals surface area contributed by atoms with E-state index in [1.54, 1.807) is 4.90 Å². The van der Waals surface area contributed by atoms with Gasteiger partial charge in [-0.3, -0.25) is 4.79 Å². The first kappa shape index (κ1) is 19.3. The van der Waals surface area contributed by atoms with Crippen molar-refractivity contribution in [1.82, 2.24) is 4.90 Å². The van der Waals surface area contributed by atoms with Crippen LogP contribution in [-0.4, -0.2) is 48.3 Å². The van der Waals surface area contributed by atoms with Gasteiger partial charge in [0.15, 0.2) is 0 Å². The summed E-state index contributed by atoms with van der Waals surface area (Å²) in [6.45, 7) is 3.00. The number of hydrogen-bond donors (Lipinski definition) is 2. The highest BCUT2D eigenvalue weighted by Crippen LogP contribution is 2.41. The SMILES string of the molecule is CC(O)C(=O)N1CC(c2ccccc2)=CC1(COCCN)c1ccccc1. The molecule has 1 aliphatic rings. The number of aliphatic hydroxyl groups is 1. The van der Waals surface area contributed by atoms with Crippen molar-refractivity contribution in [2.45, 2.75) is 18.6 Å². The molecule has 0 aliphatic carbocycles. The van der Waals surface area contributed by atoms with Crippen molar-refractivity contribution in [2.24, 2.45) is 5.73 Å². The largest absolute Gasteiger partial charge is 0.384 e. The van der Waals surface area contributed by atoms with Gasteiger partial charge >= 0.3 is 0 Å². The summed E-state index contributed by atoms with van der Waals surface area (Å²) < 4.78 is 5.82. The predicted octanol–water partition coefficient (Wildman–Crippen LogP) is 2.16. The smallest absolute Gasteiger partial charge is 0.252 e. The number of nitrogens with zero attached hydrogens (tertiary/aromatic N) is 1. The van der Waals surface area contributed by atoms with Crippen LogP contribution in [-0.2, 0) is 15.1 Å². The molecule has 5 nitrogen and oxygen atoms in total. The topological polar surface area (TPSA) is 75.8 Å². The summed E-state index contributed by atoms with van der Waals surface area (Å²) in [7, 11) is 0. The van der Waals surface area contributed by atoms with E-state index in [0.717, 1.165) is 16.7 Å². The van der Waals surface area contributed by atoms with Crippen molar-refractivity contribution < 1.29 is 14.6 Å². The molecule has 0 fully saturated rings. The number of benzene rings is 2. The molecule has 0 saturated heterocycles. The Bertz CT molecular complexity index is 790. The fraction of sp³-hybridized carbons (Fsp3) is 0.318. The first-order valence-electron chi connectivity index (χ1n) is 9.18. The molecule has 2 aromatic carbocycles. The second-order valence-corrected chi connectivity index (χ2v) is 6.77. The molecule has 0 aromatic heterocycles. The molecule has 2 aromatic rings. The van der Waals surface area contributed by atoms with Crippen molar-refractivity contribution in [3.05, 3.63) is 77.9 Å². The predicted molar refractivity (Wildman–Crippen MR) is 106 cm³/mol. The number of carbonyl (C=O) groups is 1. The van der Waals surface area contributed by atoms with Crippen LogP contribution in [0.4, 0.5) is 0 Å². The Morgan fingerprint density at radius 3 is 2.41 bits per heavy atom. The lowest BCUT2D eigenvalue weighted by Gasteiger charge is -2.39. The van der Waals surface area contributed by atoms with Gasteiger partial charge in [0.05, 0.1) is 13.2 Å². The highest BCUT2D eigenvalue weighted by atomic mass is 16.5. The van der Waals surface area contributed by atoms with E-state index in [1.165, 1.54) is 6.92 Å². The second-order valence-electron chi connectivity index (χ2n) is 6.77. The molecular weight excluding hydrogens is 340 g/mol. The summed E-state index contributed by atoms with van der Waals surface area (Å²) in [6, 6.07) is 19.8. The third-order valence-electron chi connectivity index (χ3n) is 4.85. The van der Waals surface area contributed by atoms with Crippen LogP contribution in [0.5, 0.6) is 0 Å². The number of ether oxygens (including phenoxy) is 1. The molecule has 1 heterocycles. The van der Waals surface area contributed by atoms with Crippen molar-refractivity contribution in [1.29, 1.82) is 0 Å². The van der Waals surface area contributed by atoms with Gasteiger partial charge in [0.25, 0.3) is 5.91 Å². The lowest BCUT2D eigenvalue weighted by atomic mass is 9.89. The first-order valence-corrected chi connectivity index (χ1v) is 9.18. The molecule has 3 N–H and O–H groups in total. The van der Waals surface area contributed by atoms with Gasteiger partial charge in [-0.2, -0.15) is 0 Å². The van der Waals surface area contributed by atoms with E-state index in [2.05, 4.69) is 6.08 Å². The molecule has 0 radical (unpaired) electrons. The maximum atomic E-state index is 12.9. The quantitative estimate of drug-likeness (QED) is 0.737. The monoisotopic (exact) mass is 366 g/mol. The number of aliphatic hydroxyl groups excluding tert-OH is 1. The minimum atomic E-state index is -1.09. The lowest BCUT2D eigenvalue weighted by Crippen LogP contribution is -2.51. The lowest BCUT2D eigenvalue weighted by molar-refractivity contribution is -0.145. The van der Waals surface area contributed by atoms with Gasteiger partial charge in [0, 0.05) is 13.1 Å². The van der Waals surface area contributed by atoms with Gasteiger partial charge in [0.2, 0.25) is 0 Å². The third kappa shape index (κ3) is 3.95. The fourth-order valence-corrected chi connectivity index (χ4v) is 3.53. The number of nitrogens with two attached hydrogens (primary N) is 1. The van der Waals surface area contributed by atoms with E-state index >= 15 is 0 Å². The molecule has 5 heteroatoms. The second kappa shape index (κ2) is 8.48. The molecule has 2 unspecified atom stereocenters. The standard InChI is InChI=1S/C22H26N2O3/c1-17(25)21(26)24-15-19(18-8-4-2-5-9-18)14-22(24,16-27-13-12-23)20-10-6-3-7-11-20/h2-11,14,17,25H,12-13,15-16,23H2,1H3. The minimum absolute atomic E-state index is 0.281. The van der Waals surface area contributed by atoms with Crippen LogP contribution in [0.3, 0.4) is 0 Å². The maximum Gasteiger partial charge on any atom is 0.252 e. The molecular formula is C22H26N2O3. The van der Waals surface area contributed by atoms with Crippen molar-refractivity contribution in [3.8, 4) is 0 Å². The van der Waals surface area contributed by atoms with E-state index in [9.17, 15) is 9.90 Å². The van der Waals surface area contributed by atoms with Gasteiger partial charge in [-0.05, 0) is 29.7 Å². The van der Waals surface area contributed by atoms with Gasteiger partial charge in [-0.25, -0.2) is 0 Å². The molecule has 142 valence electrons. The minimum Gasteiger partial charge on any atom is -0.384 e. The van der Waals surface area contributed by atoms with Crippen LogP contribution in [0.2, 0.25) is 0 Å². The molecule has 1 aliphatic heterocycles. The Balaban J connectivity index is 2.10. The van der Waals surface area contributed by atoms with Gasteiger partial charge in [0.1, 0.15) is 11.6 Å². The van der Waals surface area contributed by atoms with Crippen LogP contribution in [0.1, 0.15) is 18.1 Å². The zero-order valence-corrected chi connectivity index (χ0v) is 15.5. The Kier molecular flexibility index (Phi) is 6.06. The van der Waals surface area contributed by atoms with Crippen LogP contribution in [0, 0.1) is 0 Å². The highest BCUT2D eigenvalue weighted by Gasteiger charge is 2.45. The average molecular weight is 366 g/mol. The summed E-state index contributed by atoms with van der Waals surface area (Å²) in [5, 5.41) is 10.0. The zero-order valence-electron chi connectivity index (χ0n) is 15.5. The Hall–Kier alpha value is -2.47. The summed E-state index contributed by atoms with van der Waals surface area (Å²) in [5.74, 6) is -0.322. The number of hydrogen-bond acceptors (Lipinski definition) is 4. The molecule has 0 spiro atoms. The van der Waals surface area contributed by atoms with E-state index in [1.807, 2.05) is 60.7 Å². The zero-order chi connectivity index (χ0) is 19.3. The molecule has 3 rings (SSSR count). The Labute approximate surface area is 160 Å². The maximum absolute atomic E-state index is 12.9. The van der Waals surface area contributed by atoms with Crippen LogP contribution in [0.25, 0.3) is 5.57 Å². The van der Waals surface area contributed by atoms with Crippen molar-refractivity contribution in [3.63, 3.8) is 0 Å². The van der Waals surface area contributed by atoms with Crippen molar-refractivity contribution in [2.75, 3.05) is 26.3 Å². The normalized spacial score (nSPS) is 20.4. The molecule has 0 bridgehead atoms. The van der Waals surface area contributed by atoms with Crippen LogP contribution >= 0.6 is 0 Å². The first-order chi connectivity index (χ1) is 13.1. The van der Waals surface area contributed by atoms with Gasteiger partial charge in [-0.15, -0.1) is 0 Å². The highest BCUT2D eigenvalue weighted by molar-refractivity contribution is 5.87. The molecule has 1 amide bonds. The number of amides is 1. The van der Waals surface area contributed by atoms with E-state index in [-0.39, 0.29) is 12.5 Å². The summed E-state index contributed by atoms with van der Waals surface area (Å²) >= 11 is 0. The van der Waals surface area contributed by atoms with Crippen molar-refractivity contribution >= 4 is 11.5 Å². The van der Waals surface area contributed by atoms with E-state index < -0.39 is 11.6 Å². The fourth-order valence-electron chi connectivity index (χ4n) is 3.53. The average Bonchev–Trinajstić information content (AvgIpc) is 3.09. The summed E-state index contributed by atoms with van der Waals surface area (Å²) in [5.41, 5.74) is 7.84. The van der Waals surface area contributed by atoms with Gasteiger partial charge in [-0.1, -0.05) is 60.7 Å². The van der Waals surface area contributed by atoms with Gasteiger partial charge < -0.3 is 20.5 Å². The van der Waals surface area contributed by atoms with E-state index in [0.29, 0.717) is 19.7 Å². The molecule has 27 heavy (non-hydrogen) atoms. The summed E-state index contributed by atoms with van der Waals surface area (Å²) in [6.07, 6.45) is 1.00. The van der Waals surface area contributed by atoms with Crippen LogP contribution < -0.4 is 5.73 Å². The number of rotatable bonds is 7. The van der Waals surface area contributed by atoms with Crippen LogP contribution in [0.15, 0.2) is 66.7 Å². The molecule has 0 saturated carbocycles.